The second-order valence-electron chi connectivity index (χ2n) is 5.27. The smallest absolute Gasteiger partial charge is 0.156 e. The first-order valence-corrected chi connectivity index (χ1v) is 7.63. The van der Waals surface area contributed by atoms with Crippen LogP contribution in [0.3, 0.4) is 0 Å². The largest absolute Gasteiger partial charge is 0.295 e. The van der Waals surface area contributed by atoms with Gasteiger partial charge in [-0.05, 0) is 47.2 Å². The highest BCUT2D eigenvalue weighted by molar-refractivity contribution is 6.35. The molecule has 3 heteroatoms. The molecule has 21 heavy (non-hydrogen) atoms. The maximum absolute atomic E-state index is 12.1. The number of halogens is 2. The molecule has 0 spiro atoms. The molecule has 1 nitrogen and oxygen atoms in total. The van der Waals surface area contributed by atoms with Crippen LogP contribution in [0.15, 0.2) is 54.6 Å². The number of allylic oxidation sites excluding steroid dienone is 2. The van der Waals surface area contributed by atoms with E-state index in [0.29, 0.717) is 16.5 Å². The van der Waals surface area contributed by atoms with Crippen LogP contribution in [-0.4, -0.2) is 5.78 Å². The second kappa shape index (κ2) is 6.05. The monoisotopic (exact) mass is 316 g/mol. The molecule has 0 heterocycles. The molecule has 2 aromatic rings. The van der Waals surface area contributed by atoms with Crippen molar-refractivity contribution in [2.75, 3.05) is 0 Å². The summed E-state index contributed by atoms with van der Waals surface area (Å²) in [6.07, 6.45) is 3.07. The van der Waals surface area contributed by atoms with Gasteiger partial charge in [-0.1, -0.05) is 59.6 Å². The minimum absolute atomic E-state index is 0.113. The number of carbonyl (C=O) groups is 1. The van der Waals surface area contributed by atoms with Crippen molar-refractivity contribution in [2.24, 2.45) is 0 Å². The molecule has 0 bridgehead atoms. The highest BCUT2D eigenvalue weighted by Crippen LogP contribution is 2.39. The lowest BCUT2D eigenvalue weighted by atomic mass is 9.81. The molecule has 3 rings (SSSR count). The Hall–Kier alpha value is -1.57. The van der Waals surface area contributed by atoms with Crippen LogP contribution in [0.2, 0.25) is 10.0 Å². The van der Waals surface area contributed by atoms with E-state index in [9.17, 15) is 4.79 Å². The predicted molar refractivity (Wildman–Crippen MR) is 87.9 cm³/mol. The van der Waals surface area contributed by atoms with Gasteiger partial charge in [-0.25, -0.2) is 0 Å². The maximum atomic E-state index is 12.1. The second-order valence-corrected chi connectivity index (χ2v) is 6.12. The number of hydrogen-bond acceptors (Lipinski definition) is 1. The van der Waals surface area contributed by atoms with Crippen LogP contribution in [0.4, 0.5) is 0 Å². The molecule has 1 aliphatic rings. The van der Waals surface area contributed by atoms with E-state index in [1.165, 1.54) is 0 Å². The minimum Gasteiger partial charge on any atom is -0.295 e. The Morgan fingerprint density at radius 3 is 2.43 bits per heavy atom. The first kappa shape index (κ1) is 14.4. The Kier molecular flexibility index (Phi) is 4.14. The summed E-state index contributed by atoms with van der Waals surface area (Å²) in [5.74, 6) is 0.263. The molecule has 0 radical (unpaired) electrons. The maximum Gasteiger partial charge on any atom is 0.156 e. The molecule has 0 aliphatic heterocycles. The summed E-state index contributed by atoms with van der Waals surface area (Å²) in [7, 11) is 0. The molecule has 2 aromatic carbocycles. The Morgan fingerprint density at radius 2 is 1.71 bits per heavy atom. The van der Waals surface area contributed by atoms with Gasteiger partial charge in [-0.2, -0.15) is 0 Å². The van der Waals surface area contributed by atoms with Crippen molar-refractivity contribution in [1.82, 2.24) is 0 Å². The summed E-state index contributed by atoms with van der Waals surface area (Å²) in [6.45, 7) is 0. The number of carbonyl (C=O) groups excluding carboxylic acids is 1. The van der Waals surface area contributed by atoms with E-state index in [0.717, 1.165) is 23.1 Å². The summed E-state index contributed by atoms with van der Waals surface area (Å²) in [5.41, 5.74) is 3.17. The molecule has 106 valence electrons. The van der Waals surface area contributed by atoms with Crippen molar-refractivity contribution in [2.45, 2.75) is 18.8 Å². The fourth-order valence-corrected chi connectivity index (χ4v) is 3.36. The van der Waals surface area contributed by atoms with Gasteiger partial charge >= 0.3 is 0 Å². The SMILES string of the molecule is O=C1C=C(c2ccccc2)C[C@@H](c2ccc(Cl)cc2Cl)C1. The highest BCUT2D eigenvalue weighted by Gasteiger charge is 2.24. The van der Waals surface area contributed by atoms with Gasteiger partial charge in [0.25, 0.3) is 0 Å². The van der Waals surface area contributed by atoms with Gasteiger partial charge in [0, 0.05) is 16.5 Å². The Labute approximate surface area is 134 Å². The van der Waals surface area contributed by atoms with Gasteiger partial charge in [0.2, 0.25) is 0 Å². The third kappa shape index (κ3) is 3.20. The molecular weight excluding hydrogens is 303 g/mol. The van der Waals surface area contributed by atoms with Crippen LogP contribution < -0.4 is 0 Å². The molecule has 0 unspecified atom stereocenters. The fraction of sp³-hybridized carbons (Fsp3) is 0.167. The van der Waals surface area contributed by atoms with E-state index in [4.69, 9.17) is 23.2 Å². The third-order valence-corrected chi connectivity index (χ3v) is 4.36. The normalized spacial score (nSPS) is 18.5. The average molecular weight is 317 g/mol. The lowest BCUT2D eigenvalue weighted by Crippen LogP contribution is -2.12. The minimum atomic E-state index is 0.113. The van der Waals surface area contributed by atoms with Crippen LogP contribution in [0, 0.1) is 0 Å². The van der Waals surface area contributed by atoms with Gasteiger partial charge < -0.3 is 0 Å². The van der Waals surface area contributed by atoms with Crippen molar-refractivity contribution >= 4 is 34.6 Å². The van der Waals surface area contributed by atoms with E-state index in [1.807, 2.05) is 42.5 Å². The lowest BCUT2D eigenvalue weighted by molar-refractivity contribution is -0.115. The van der Waals surface area contributed by atoms with Crippen molar-refractivity contribution in [3.8, 4) is 0 Å². The van der Waals surface area contributed by atoms with Crippen LogP contribution in [0.25, 0.3) is 5.57 Å². The lowest BCUT2D eigenvalue weighted by Gasteiger charge is -2.23. The Morgan fingerprint density at radius 1 is 0.952 bits per heavy atom. The van der Waals surface area contributed by atoms with Gasteiger partial charge in [-0.3, -0.25) is 4.79 Å². The van der Waals surface area contributed by atoms with Gasteiger partial charge in [0.1, 0.15) is 0 Å². The van der Waals surface area contributed by atoms with E-state index in [2.05, 4.69) is 0 Å². The van der Waals surface area contributed by atoms with Crippen LogP contribution in [-0.2, 0) is 4.79 Å². The van der Waals surface area contributed by atoms with Crippen molar-refractivity contribution in [1.29, 1.82) is 0 Å². The number of rotatable bonds is 2. The Bertz CT molecular complexity index is 704. The predicted octanol–water partition coefficient (Wildman–Crippen LogP) is 5.52. The van der Waals surface area contributed by atoms with Crippen LogP contribution in [0.5, 0.6) is 0 Å². The summed E-state index contributed by atoms with van der Waals surface area (Å²) >= 11 is 12.2. The molecule has 0 amide bonds. The molecule has 0 saturated heterocycles. The Balaban J connectivity index is 1.93. The topological polar surface area (TPSA) is 17.1 Å². The highest BCUT2D eigenvalue weighted by atomic mass is 35.5. The first-order chi connectivity index (χ1) is 10.1. The van der Waals surface area contributed by atoms with E-state index in [-0.39, 0.29) is 11.7 Å². The zero-order valence-corrected chi connectivity index (χ0v) is 12.9. The molecular formula is C18H14Cl2O. The van der Waals surface area contributed by atoms with Crippen LogP contribution >= 0.6 is 23.2 Å². The number of hydrogen-bond donors (Lipinski definition) is 0. The average Bonchev–Trinajstić information content (AvgIpc) is 2.47. The van der Waals surface area contributed by atoms with Crippen molar-refractivity contribution < 1.29 is 4.79 Å². The van der Waals surface area contributed by atoms with Gasteiger partial charge in [0.15, 0.2) is 5.78 Å². The zero-order chi connectivity index (χ0) is 14.8. The van der Waals surface area contributed by atoms with Gasteiger partial charge in [-0.15, -0.1) is 0 Å². The summed E-state index contributed by atoms with van der Waals surface area (Å²) in [6, 6.07) is 15.5. The van der Waals surface area contributed by atoms with E-state index >= 15 is 0 Å². The standard InChI is InChI=1S/C18H14Cl2O/c19-15-6-7-17(18(20)11-15)14-8-13(9-16(21)10-14)12-4-2-1-3-5-12/h1-7,9,11,14H,8,10H2/t14-/m1/s1. The first-order valence-electron chi connectivity index (χ1n) is 6.87. The molecule has 1 aliphatic carbocycles. The van der Waals surface area contributed by atoms with Gasteiger partial charge in [0.05, 0.1) is 0 Å². The number of ketones is 1. The van der Waals surface area contributed by atoms with Crippen LogP contribution in [0.1, 0.15) is 29.9 Å². The molecule has 1 atom stereocenters. The third-order valence-electron chi connectivity index (χ3n) is 3.80. The van der Waals surface area contributed by atoms with Crippen molar-refractivity contribution in [3.05, 3.63) is 75.8 Å². The summed E-state index contributed by atoms with van der Waals surface area (Å²) < 4.78 is 0. The van der Waals surface area contributed by atoms with E-state index in [1.54, 1.807) is 12.1 Å². The number of benzene rings is 2. The fourth-order valence-electron chi connectivity index (χ4n) is 2.80. The quantitative estimate of drug-likeness (QED) is 0.712. The molecule has 0 aromatic heterocycles. The molecule has 0 saturated carbocycles. The molecule has 0 N–H and O–H groups in total. The summed E-state index contributed by atoms with van der Waals surface area (Å²) in [5, 5.41) is 1.25. The van der Waals surface area contributed by atoms with Crippen molar-refractivity contribution in [3.63, 3.8) is 0 Å². The molecule has 0 fully saturated rings. The summed E-state index contributed by atoms with van der Waals surface area (Å²) in [4.78, 5) is 12.1. The zero-order valence-electron chi connectivity index (χ0n) is 11.4. The van der Waals surface area contributed by atoms with E-state index < -0.39 is 0 Å².